The van der Waals surface area contributed by atoms with Crippen LogP contribution in [0.5, 0.6) is 0 Å². The second-order valence-corrected chi connectivity index (χ2v) is 5.62. The van der Waals surface area contributed by atoms with Gasteiger partial charge in [0.15, 0.2) is 0 Å². The topological polar surface area (TPSA) is 47.0 Å². The highest BCUT2D eigenvalue weighted by Crippen LogP contribution is 2.17. The van der Waals surface area contributed by atoms with Gasteiger partial charge in [-0.3, -0.25) is 4.79 Å². The molecule has 1 aliphatic rings. The maximum Gasteiger partial charge on any atom is 0.223 e. The molecule has 1 fully saturated rings. The highest BCUT2D eigenvalue weighted by atomic mass is 19.1. The largest absolute Gasteiger partial charge is 0.395 e. The van der Waals surface area contributed by atoms with Gasteiger partial charge in [-0.1, -0.05) is 0 Å². The van der Waals surface area contributed by atoms with Crippen molar-refractivity contribution < 1.29 is 14.3 Å². The Bertz CT molecular complexity index is 473. The number of hydrogen-bond acceptors (Lipinski definition) is 4. The van der Waals surface area contributed by atoms with Gasteiger partial charge in [0, 0.05) is 51.4 Å². The Kier molecular flexibility index (Phi) is 6.15. The Hall–Kier alpha value is -1.66. The number of halogens is 1. The molecule has 0 saturated carbocycles. The molecule has 22 heavy (non-hydrogen) atoms. The Morgan fingerprint density at radius 2 is 1.82 bits per heavy atom. The van der Waals surface area contributed by atoms with E-state index in [1.165, 1.54) is 12.1 Å². The minimum absolute atomic E-state index is 0.112. The summed E-state index contributed by atoms with van der Waals surface area (Å²) in [5.41, 5.74) is 0.996. The van der Waals surface area contributed by atoms with E-state index in [0.29, 0.717) is 32.6 Å². The number of nitrogens with zero attached hydrogens (tertiary/aromatic N) is 3. The zero-order valence-corrected chi connectivity index (χ0v) is 13.0. The van der Waals surface area contributed by atoms with E-state index in [2.05, 4.69) is 4.90 Å². The summed E-state index contributed by atoms with van der Waals surface area (Å²) in [5, 5.41) is 8.84. The summed E-state index contributed by atoms with van der Waals surface area (Å²) in [6.45, 7) is 4.29. The number of aliphatic hydroxyl groups is 1. The molecule has 1 N–H and O–H groups in total. The molecule has 1 aromatic rings. The molecule has 5 nitrogen and oxygen atoms in total. The fraction of sp³-hybridized carbons (Fsp3) is 0.562. The van der Waals surface area contributed by atoms with Crippen LogP contribution in [0.2, 0.25) is 0 Å². The van der Waals surface area contributed by atoms with E-state index in [1.54, 1.807) is 12.1 Å². The monoisotopic (exact) mass is 309 g/mol. The molecule has 1 amide bonds. The quantitative estimate of drug-likeness (QED) is 0.844. The lowest BCUT2D eigenvalue weighted by Crippen LogP contribution is -2.49. The highest BCUT2D eigenvalue weighted by molar-refractivity contribution is 5.76. The van der Waals surface area contributed by atoms with Crippen molar-refractivity contribution in [2.24, 2.45) is 0 Å². The summed E-state index contributed by atoms with van der Waals surface area (Å²) < 4.78 is 12.9. The molecule has 0 aliphatic carbocycles. The zero-order chi connectivity index (χ0) is 15.9. The van der Waals surface area contributed by atoms with Crippen molar-refractivity contribution in [2.45, 2.75) is 6.42 Å². The molecule has 1 heterocycles. The van der Waals surface area contributed by atoms with Crippen LogP contribution in [0.25, 0.3) is 0 Å². The van der Waals surface area contributed by atoms with Gasteiger partial charge in [-0.05, 0) is 31.3 Å². The third kappa shape index (κ3) is 4.68. The summed E-state index contributed by atoms with van der Waals surface area (Å²) in [4.78, 5) is 18.2. The summed E-state index contributed by atoms with van der Waals surface area (Å²) in [6.07, 6.45) is 0.479. The minimum Gasteiger partial charge on any atom is -0.395 e. The first-order chi connectivity index (χ1) is 10.6. The molecule has 1 saturated heterocycles. The summed E-state index contributed by atoms with van der Waals surface area (Å²) in [6, 6.07) is 6.47. The molecule has 122 valence electrons. The third-order valence-electron chi connectivity index (χ3n) is 4.01. The maximum atomic E-state index is 12.9. The normalized spacial score (nSPS) is 15.5. The fourth-order valence-corrected chi connectivity index (χ4v) is 2.59. The Morgan fingerprint density at radius 3 is 2.41 bits per heavy atom. The molecule has 1 aromatic carbocycles. The predicted octanol–water partition coefficient (Wildman–Crippen LogP) is 0.788. The Balaban J connectivity index is 1.76. The molecule has 1 aliphatic heterocycles. The Labute approximate surface area is 130 Å². The van der Waals surface area contributed by atoms with Crippen molar-refractivity contribution in [3.8, 4) is 0 Å². The van der Waals surface area contributed by atoms with E-state index in [9.17, 15) is 9.18 Å². The zero-order valence-electron chi connectivity index (χ0n) is 13.0. The van der Waals surface area contributed by atoms with Crippen LogP contribution in [0.15, 0.2) is 24.3 Å². The fourth-order valence-electron chi connectivity index (χ4n) is 2.59. The van der Waals surface area contributed by atoms with Crippen molar-refractivity contribution in [3.05, 3.63) is 30.1 Å². The van der Waals surface area contributed by atoms with E-state index in [1.807, 2.05) is 16.8 Å². The molecule has 0 aromatic heterocycles. The molecular weight excluding hydrogens is 285 g/mol. The van der Waals surface area contributed by atoms with Crippen LogP contribution in [0.3, 0.4) is 0 Å². The molecule has 2 rings (SSSR count). The molecule has 0 unspecified atom stereocenters. The first kappa shape index (κ1) is 16.7. The van der Waals surface area contributed by atoms with Gasteiger partial charge in [-0.15, -0.1) is 0 Å². The maximum absolute atomic E-state index is 12.9. The van der Waals surface area contributed by atoms with Crippen LogP contribution in [0.4, 0.5) is 10.1 Å². The average Bonchev–Trinajstić information content (AvgIpc) is 2.54. The van der Waals surface area contributed by atoms with Crippen LogP contribution < -0.4 is 4.90 Å². The standard InChI is InChI=1S/C16H24FN3O2/c1-18(12-13-21)7-6-16(22)20-10-8-19(9-11-20)15-4-2-14(17)3-5-15/h2-5,21H,6-13H2,1H3. The average molecular weight is 309 g/mol. The summed E-state index contributed by atoms with van der Waals surface area (Å²) in [7, 11) is 1.90. The van der Waals surface area contributed by atoms with Crippen LogP contribution in [0.1, 0.15) is 6.42 Å². The lowest BCUT2D eigenvalue weighted by molar-refractivity contribution is -0.131. The number of rotatable bonds is 6. The van der Waals surface area contributed by atoms with Crippen molar-refractivity contribution in [1.29, 1.82) is 0 Å². The smallest absolute Gasteiger partial charge is 0.223 e. The van der Waals surface area contributed by atoms with E-state index in [0.717, 1.165) is 18.8 Å². The van der Waals surface area contributed by atoms with Crippen LogP contribution in [0, 0.1) is 5.82 Å². The molecule has 6 heteroatoms. The van der Waals surface area contributed by atoms with Crippen molar-refractivity contribution in [1.82, 2.24) is 9.80 Å². The van der Waals surface area contributed by atoms with Gasteiger partial charge in [0.25, 0.3) is 0 Å². The first-order valence-corrected chi connectivity index (χ1v) is 7.68. The van der Waals surface area contributed by atoms with Crippen molar-refractivity contribution in [3.63, 3.8) is 0 Å². The number of likely N-dealkylation sites (N-methyl/N-ethyl adjacent to an activating group) is 1. The van der Waals surface area contributed by atoms with Crippen molar-refractivity contribution in [2.75, 3.05) is 57.8 Å². The number of hydrogen-bond donors (Lipinski definition) is 1. The first-order valence-electron chi connectivity index (χ1n) is 7.68. The molecule has 0 radical (unpaired) electrons. The van der Waals surface area contributed by atoms with Gasteiger partial charge in [0.1, 0.15) is 5.82 Å². The van der Waals surface area contributed by atoms with Gasteiger partial charge >= 0.3 is 0 Å². The third-order valence-corrected chi connectivity index (χ3v) is 4.01. The van der Waals surface area contributed by atoms with Crippen molar-refractivity contribution >= 4 is 11.6 Å². The minimum atomic E-state index is -0.232. The second kappa shape index (κ2) is 8.10. The van der Waals surface area contributed by atoms with E-state index in [4.69, 9.17) is 5.11 Å². The van der Waals surface area contributed by atoms with E-state index >= 15 is 0 Å². The predicted molar refractivity (Wildman–Crippen MR) is 84.4 cm³/mol. The molecule has 0 atom stereocenters. The number of carbonyl (C=O) groups is 1. The van der Waals surface area contributed by atoms with Crippen LogP contribution in [-0.4, -0.2) is 73.7 Å². The van der Waals surface area contributed by atoms with Crippen LogP contribution in [-0.2, 0) is 4.79 Å². The Morgan fingerprint density at radius 1 is 1.18 bits per heavy atom. The van der Waals surface area contributed by atoms with Gasteiger partial charge in [-0.2, -0.15) is 0 Å². The molecule has 0 spiro atoms. The van der Waals surface area contributed by atoms with Gasteiger partial charge in [0.2, 0.25) is 5.91 Å². The highest BCUT2D eigenvalue weighted by Gasteiger charge is 2.21. The summed E-state index contributed by atoms with van der Waals surface area (Å²) in [5.74, 6) is -0.0758. The van der Waals surface area contributed by atoms with E-state index in [-0.39, 0.29) is 18.3 Å². The molecule has 0 bridgehead atoms. The number of amides is 1. The number of aliphatic hydroxyl groups excluding tert-OH is 1. The molecular formula is C16H24FN3O2. The number of benzene rings is 1. The number of piperazine rings is 1. The van der Waals surface area contributed by atoms with Gasteiger partial charge in [0.05, 0.1) is 6.61 Å². The number of carbonyl (C=O) groups excluding carboxylic acids is 1. The van der Waals surface area contributed by atoms with Gasteiger partial charge in [-0.25, -0.2) is 4.39 Å². The number of anilines is 1. The summed E-state index contributed by atoms with van der Waals surface area (Å²) >= 11 is 0. The lowest BCUT2D eigenvalue weighted by Gasteiger charge is -2.36. The lowest BCUT2D eigenvalue weighted by atomic mass is 10.2. The van der Waals surface area contributed by atoms with Gasteiger partial charge < -0.3 is 19.8 Å². The second-order valence-electron chi connectivity index (χ2n) is 5.62. The van der Waals surface area contributed by atoms with Crippen LogP contribution >= 0.6 is 0 Å². The van der Waals surface area contributed by atoms with E-state index < -0.39 is 0 Å². The SMILES string of the molecule is CN(CCO)CCC(=O)N1CCN(c2ccc(F)cc2)CC1.